The van der Waals surface area contributed by atoms with Gasteiger partial charge in [0.15, 0.2) is 0 Å². The number of nitrogens with zero attached hydrogens (tertiary/aromatic N) is 1. The van der Waals surface area contributed by atoms with E-state index in [1.54, 1.807) is 11.3 Å². The van der Waals surface area contributed by atoms with Crippen molar-refractivity contribution in [2.75, 3.05) is 12.4 Å². The van der Waals surface area contributed by atoms with Gasteiger partial charge in [0, 0.05) is 11.9 Å². The zero-order valence-electron chi connectivity index (χ0n) is 10.6. The third-order valence-electron chi connectivity index (χ3n) is 2.72. The van der Waals surface area contributed by atoms with E-state index in [-0.39, 0.29) is 0 Å². The van der Waals surface area contributed by atoms with Crippen LogP contribution in [-0.2, 0) is 12.8 Å². The number of anilines is 1. The van der Waals surface area contributed by atoms with Crippen LogP contribution in [0.25, 0.3) is 0 Å². The maximum atomic E-state index is 9.22. The van der Waals surface area contributed by atoms with Gasteiger partial charge in [-0.1, -0.05) is 20.8 Å². The van der Waals surface area contributed by atoms with Crippen LogP contribution in [0.1, 0.15) is 43.2 Å². The van der Waals surface area contributed by atoms with Crippen molar-refractivity contribution in [2.45, 2.75) is 40.0 Å². The minimum atomic E-state index is 0.689. The van der Waals surface area contributed by atoms with Gasteiger partial charge in [-0.25, -0.2) is 0 Å². The average molecular weight is 236 g/mol. The highest BCUT2D eigenvalue weighted by Crippen LogP contribution is 2.34. The second-order valence-corrected chi connectivity index (χ2v) is 5.46. The molecule has 0 amide bonds. The van der Waals surface area contributed by atoms with E-state index in [0.29, 0.717) is 5.92 Å². The van der Waals surface area contributed by atoms with Crippen molar-refractivity contribution >= 4 is 16.3 Å². The Balaban J connectivity index is 3.03. The Morgan fingerprint density at radius 1 is 1.44 bits per heavy atom. The molecule has 0 aliphatic rings. The first-order valence-electron chi connectivity index (χ1n) is 5.86. The summed E-state index contributed by atoms with van der Waals surface area (Å²) >= 11 is 1.73. The van der Waals surface area contributed by atoms with Crippen LogP contribution in [0.4, 0.5) is 5.00 Å². The first-order chi connectivity index (χ1) is 7.63. The summed E-state index contributed by atoms with van der Waals surface area (Å²) in [5.41, 5.74) is 2.14. The molecule has 0 bridgehead atoms. The van der Waals surface area contributed by atoms with Crippen LogP contribution in [0.2, 0.25) is 0 Å². The Morgan fingerprint density at radius 2 is 2.12 bits per heavy atom. The minimum absolute atomic E-state index is 0.689. The normalized spacial score (nSPS) is 10.5. The Bertz CT molecular complexity index is 385. The average Bonchev–Trinajstić information content (AvgIpc) is 2.62. The minimum Gasteiger partial charge on any atom is -0.379 e. The van der Waals surface area contributed by atoms with Crippen molar-refractivity contribution in [3.63, 3.8) is 0 Å². The topological polar surface area (TPSA) is 35.8 Å². The lowest BCUT2D eigenvalue weighted by atomic mass is 9.99. The molecule has 0 radical (unpaired) electrons. The van der Waals surface area contributed by atoms with Crippen molar-refractivity contribution in [3.05, 3.63) is 16.0 Å². The lowest BCUT2D eigenvalue weighted by Crippen LogP contribution is -1.96. The van der Waals surface area contributed by atoms with Crippen molar-refractivity contribution in [3.8, 4) is 6.07 Å². The van der Waals surface area contributed by atoms with E-state index in [4.69, 9.17) is 0 Å². The molecule has 0 aromatic carbocycles. The third kappa shape index (κ3) is 2.76. The van der Waals surface area contributed by atoms with Crippen LogP contribution in [0.5, 0.6) is 0 Å². The standard InChI is InChI=1S/C13H20N2S/c1-5-12-10(7-6-9(2)3)11(8-14)13(15-4)16-12/h9,15H,5-7H2,1-4H3. The van der Waals surface area contributed by atoms with Gasteiger partial charge >= 0.3 is 0 Å². The van der Waals surface area contributed by atoms with Crippen LogP contribution < -0.4 is 5.32 Å². The maximum absolute atomic E-state index is 9.22. The summed E-state index contributed by atoms with van der Waals surface area (Å²) < 4.78 is 0. The fourth-order valence-electron chi connectivity index (χ4n) is 1.79. The molecule has 1 N–H and O–H groups in total. The Kier molecular flexibility index (Phi) is 4.82. The summed E-state index contributed by atoms with van der Waals surface area (Å²) in [7, 11) is 1.89. The molecule has 0 saturated carbocycles. The summed E-state index contributed by atoms with van der Waals surface area (Å²) in [5, 5.41) is 13.4. The molecule has 1 aromatic heterocycles. The van der Waals surface area contributed by atoms with Gasteiger partial charge in [-0.3, -0.25) is 0 Å². The summed E-state index contributed by atoms with van der Waals surface area (Å²) in [6.07, 6.45) is 3.21. The molecular formula is C13H20N2S. The predicted molar refractivity (Wildman–Crippen MR) is 71.1 cm³/mol. The molecule has 0 fully saturated rings. The van der Waals surface area contributed by atoms with Gasteiger partial charge in [0.1, 0.15) is 11.1 Å². The van der Waals surface area contributed by atoms with Crippen molar-refractivity contribution in [2.24, 2.45) is 5.92 Å². The maximum Gasteiger partial charge on any atom is 0.107 e. The van der Waals surface area contributed by atoms with E-state index < -0.39 is 0 Å². The molecule has 3 heteroatoms. The highest BCUT2D eigenvalue weighted by Gasteiger charge is 2.16. The monoisotopic (exact) mass is 236 g/mol. The number of nitriles is 1. The Hall–Kier alpha value is -1.01. The molecule has 2 nitrogen and oxygen atoms in total. The van der Waals surface area contributed by atoms with Gasteiger partial charge in [0.25, 0.3) is 0 Å². The molecule has 88 valence electrons. The summed E-state index contributed by atoms with van der Waals surface area (Å²) in [4.78, 5) is 1.36. The summed E-state index contributed by atoms with van der Waals surface area (Å²) in [6, 6.07) is 2.34. The number of hydrogen-bond acceptors (Lipinski definition) is 3. The first kappa shape index (κ1) is 13.1. The van der Waals surface area contributed by atoms with E-state index in [2.05, 4.69) is 32.2 Å². The number of thiophene rings is 1. The largest absolute Gasteiger partial charge is 0.379 e. The lowest BCUT2D eigenvalue weighted by molar-refractivity contribution is 0.585. The van der Waals surface area contributed by atoms with E-state index in [9.17, 15) is 5.26 Å². The van der Waals surface area contributed by atoms with E-state index >= 15 is 0 Å². The molecule has 0 spiro atoms. The molecule has 0 aliphatic carbocycles. The van der Waals surface area contributed by atoms with E-state index in [0.717, 1.165) is 29.8 Å². The zero-order valence-corrected chi connectivity index (χ0v) is 11.4. The Morgan fingerprint density at radius 3 is 2.56 bits per heavy atom. The summed E-state index contributed by atoms with van der Waals surface area (Å²) in [6.45, 7) is 6.61. The first-order valence-corrected chi connectivity index (χ1v) is 6.68. The van der Waals surface area contributed by atoms with Crippen LogP contribution in [0.3, 0.4) is 0 Å². The molecule has 16 heavy (non-hydrogen) atoms. The number of aryl methyl sites for hydroxylation is 1. The van der Waals surface area contributed by atoms with E-state index in [1.807, 2.05) is 7.05 Å². The molecule has 0 saturated heterocycles. The number of hydrogen-bond donors (Lipinski definition) is 1. The van der Waals surface area contributed by atoms with Crippen molar-refractivity contribution in [1.29, 1.82) is 5.26 Å². The number of rotatable bonds is 5. The molecular weight excluding hydrogens is 216 g/mol. The summed E-state index contributed by atoms with van der Waals surface area (Å²) in [5.74, 6) is 0.689. The van der Waals surface area contributed by atoms with E-state index in [1.165, 1.54) is 10.4 Å². The molecule has 1 aromatic rings. The predicted octanol–water partition coefficient (Wildman–Crippen LogP) is 3.81. The highest BCUT2D eigenvalue weighted by molar-refractivity contribution is 7.16. The Labute approximate surface area is 102 Å². The quantitative estimate of drug-likeness (QED) is 0.843. The van der Waals surface area contributed by atoms with Gasteiger partial charge in [-0.2, -0.15) is 5.26 Å². The second-order valence-electron chi connectivity index (χ2n) is 4.36. The van der Waals surface area contributed by atoms with Crippen LogP contribution in [-0.4, -0.2) is 7.05 Å². The molecule has 0 atom stereocenters. The van der Waals surface area contributed by atoms with Crippen LogP contribution in [0.15, 0.2) is 0 Å². The fourth-order valence-corrected chi connectivity index (χ4v) is 2.88. The number of nitrogens with one attached hydrogen (secondary N) is 1. The zero-order chi connectivity index (χ0) is 12.1. The third-order valence-corrected chi connectivity index (χ3v) is 4.12. The van der Waals surface area contributed by atoms with Crippen LogP contribution >= 0.6 is 11.3 Å². The van der Waals surface area contributed by atoms with Gasteiger partial charge in [0.2, 0.25) is 0 Å². The molecule has 0 aliphatic heterocycles. The van der Waals surface area contributed by atoms with Crippen molar-refractivity contribution in [1.82, 2.24) is 0 Å². The van der Waals surface area contributed by atoms with Crippen molar-refractivity contribution < 1.29 is 0 Å². The molecule has 1 rings (SSSR count). The van der Waals surface area contributed by atoms with Gasteiger partial charge in [-0.15, -0.1) is 11.3 Å². The SMILES string of the molecule is CCc1sc(NC)c(C#N)c1CCC(C)C. The highest BCUT2D eigenvalue weighted by atomic mass is 32.1. The van der Waals surface area contributed by atoms with Crippen LogP contribution in [0, 0.1) is 17.2 Å². The van der Waals surface area contributed by atoms with Gasteiger partial charge in [0.05, 0.1) is 5.56 Å². The van der Waals surface area contributed by atoms with Gasteiger partial charge < -0.3 is 5.32 Å². The molecule has 0 unspecified atom stereocenters. The molecule has 1 heterocycles. The lowest BCUT2D eigenvalue weighted by Gasteiger charge is -2.05. The fraction of sp³-hybridized carbons (Fsp3) is 0.615. The van der Waals surface area contributed by atoms with Gasteiger partial charge in [-0.05, 0) is 30.7 Å². The second kappa shape index (κ2) is 5.91. The smallest absolute Gasteiger partial charge is 0.107 e.